The van der Waals surface area contributed by atoms with Crippen molar-refractivity contribution >= 4 is 0 Å². The molecule has 0 N–H and O–H groups in total. The van der Waals surface area contributed by atoms with Crippen molar-refractivity contribution in [3.8, 4) is 5.75 Å². The summed E-state index contributed by atoms with van der Waals surface area (Å²) < 4.78 is 5.27. The van der Waals surface area contributed by atoms with Crippen LogP contribution in [0.2, 0.25) is 0 Å². The summed E-state index contributed by atoms with van der Waals surface area (Å²) in [6.07, 6.45) is 2.08. The number of rotatable bonds is 1. The van der Waals surface area contributed by atoms with Gasteiger partial charge in [-0.2, -0.15) is 0 Å². The van der Waals surface area contributed by atoms with E-state index in [0.29, 0.717) is 0 Å². The van der Waals surface area contributed by atoms with E-state index in [-0.39, 0.29) is 0 Å². The molecule has 0 saturated heterocycles. The molecule has 0 atom stereocenters. The molecule has 0 fully saturated rings. The quantitative estimate of drug-likeness (QED) is 0.599. The van der Waals surface area contributed by atoms with Crippen LogP contribution < -0.4 is 4.74 Å². The molecule has 1 nitrogen and oxygen atoms in total. The third kappa shape index (κ3) is 1.49. The van der Waals surface area contributed by atoms with E-state index in [1.807, 2.05) is 6.07 Å². The first-order valence-corrected chi connectivity index (χ1v) is 5.59. The minimum Gasteiger partial charge on any atom is -0.497 e. The summed E-state index contributed by atoms with van der Waals surface area (Å²) in [5, 5.41) is 0. The lowest BCUT2D eigenvalue weighted by Gasteiger charge is -2.19. The Kier molecular flexibility index (Phi) is 2.17. The summed E-state index contributed by atoms with van der Waals surface area (Å²) in [7, 11) is 1.72. The highest BCUT2D eigenvalue weighted by molar-refractivity contribution is 5.47. The average molecular weight is 210 g/mol. The number of hydrogen-bond acceptors (Lipinski definition) is 1. The predicted octanol–water partition coefficient (Wildman–Crippen LogP) is 3.19. The van der Waals surface area contributed by atoms with Crippen LogP contribution in [0.15, 0.2) is 42.5 Å². The summed E-state index contributed by atoms with van der Waals surface area (Å²) in [4.78, 5) is 0. The van der Waals surface area contributed by atoms with Gasteiger partial charge in [0.05, 0.1) is 7.11 Å². The van der Waals surface area contributed by atoms with E-state index in [9.17, 15) is 0 Å². The van der Waals surface area contributed by atoms with Crippen molar-refractivity contribution in [1.29, 1.82) is 0 Å². The molecule has 80 valence electrons. The monoisotopic (exact) mass is 210 g/mol. The molecular formula is C15H14O. The van der Waals surface area contributed by atoms with Gasteiger partial charge in [0, 0.05) is 0 Å². The molecule has 0 spiro atoms. The van der Waals surface area contributed by atoms with Crippen molar-refractivity contribution in [2.45, 2.75) is 12.8 Å². The summed E-state index contributed by atoms with van der Waals surface area (Å²) in [6, 6.07) is 15.1. The first-order chi connectivity index (χ1) is 7.86. The fourth-order valence-corrected chi connectivity index (χ4v) is 2.38. The lowest BCUT2D eigenvalue weighted by atomic mass is 9.86. The maximum Gasteiger partial charge on any atom is 0.119 e. The molecule has 3 rings (SSSR count). The molecule has 16 heavy (non-hydrogen) atoms. The molecule has 2 aromatic rings. The Morgan fingerprint density at radius 2 is 1.44 bits per heavy atom. The van der Waals surface area contributed by atoms with Crippen molar-refractivity contribution in [3.05, 3.63) is 64.7 Å². The van der Waals surface area contributed by atoms with Crippen molar-refractivity contribution in [3.63, 3.8) is 0 Å². The van der Waals surface area contributed by atoms with E-state index in [0.717, 1.165) is 18.6 Å². The minimum absolute atomic E-state index is 0.957. The van der Waals surface area contributed by atoms with Gasteiger partial charge in [0.15, 0.2) is 0 Å². The third-order valence-corrected chi connectivity index (χ3v) is 3.29. The first kappa shape index (κ1) is 9.46. The molecule has 0 unspecified atom stereocenters. The van der Waals surface area contributed by atoms with E-state index >= 15 is 0 Å². The second kappa shape index (κ2) is 3.67. The van der Waals surface area contributed by atoms with Gasteiger partial charge in [-0.1, -0.05) is 30.3 Å². The smallest absolute Gasteiger partial charge is 0.119 e. The zero-order valence-electron chi connectivity index (χ0n) is 9.36. The van der Waals surface area contributed by atoms with Gasteiger partial charge in [-0.15, -0.1) is 0 Å². The SMILES string of the molecule is COc1ccc2c(c1)Cc1ccccc1C2. The molecular weight excluding hydrogens is 196 g/mol. The van der Waals surface area contributed by atoms with Crippen LogP contribution in [0.5, 0.6) is 5.75 Å². The molecule has 1 aliphatic rings. The number of ether oxygens (including phenoxy) is 1. The Hall–Kier alpha value is -1.76. The molecule has 1 heteroatoms. The Morgan fingerprint density at radius 3 is 2.12 bits per heavy atom. The minimum atomic E-state index is 0.957. The van der Waals surface area contributed by atoms with Gasteiger partial charge in [0.2, 0.25) is 0 Å². The van der Waals surface area contributed by atoms with Crippen LogP contribution in [0.4, 0.5) is 0 Å². The van der Waals surface area contributed by atoms with Crippen molar-refractivity contribution in [2.24, 2.45) is 0 Å². The fourth-order valence-electron chi connectivity index (χ4n) is 2.38. The van der Waals surface area contributed by atoms with Crippen molar-refractivity contribution < 1.29 is 4.74 Å². The predicted molar refractivity (Wildman–Crippen MR) is 65.0 cm³/mol. The van der Waals surface area contributed by atoms with Crippen LogP contribution in [0, 0.1) is 0 Å². The third-order valence-electron chi connectivity index (χ3n) is 3.29. The van der Waals surface area contributed by atoms with Gasteiger partial charge in [0.1, 0.15) is 5.75 Å². The number of methoxy groups -OCH3 is 1. The number of fused-ring (bicyclic) bond motifs is 2. The van der Waals surface area contributed by atoms with E-state index in [4.69, 9.17) is 4.74 Å². The van der Waals surface area contributed by atoms with E-state index in [1.165, 1.54) is 22.3 Å². The van der Waals surface area contributed by atoms with Gasteiger partial charge in [-0.05, 0) is 47.2 Å². The number of benzene rings is 2. The Bertz CT molecular complexity index is 529. The van der Waals surface area contributed by atoms with Crippen LogP contribution >= 0.6 is 0 Å². The molecule has 0 aromatic heterocycles. The lowest BCUT2D eigenvalue weighted by Crippen LogP contribution is -2.07. The molecule has 0 amide bonds. The maximum absolute atomic E-state index is 5.27. The van der Waals surface area contributed by atoms with Gasteiger partial charge >= 0.3 is 0 Å². The molecule has 0 heterocycles. The molecule has 0 aliphatic heterocycles. The van der Waals surface area contributed by atoms with E-state index in [2.05, 4.69) is 36.4 Å². The summed E-state index contributed by atoms with van der Waals surface area (Å²) in [5.41, 5.74) is 5.74. The molecule has 2 aromatic carbocycles. The standard InChI is InChI=1S/C15H14O/c1-16-15-7-6-13-8-11-4-2-3-5-12(11)9-14(13)10-15/h2-7,10H,8-9H2,1H3. The molecule has 1 aliphatic carbocycles. The molecule has 0 bridgehead atoms. The Labute approximate surface area is 95.7 Å². The lowest BCUT2D eigenvalue weighted by molar-refractivity contribution is 0.414. The molecule has 0 saturated carbocycles. The Balaban J connectivity index is 2.05. The van der Waals surface area contributed by atoms with Gasteiger partial charge in [-0.3, -0.25) is 0 Å². The average Bonchev–Trinajstić information content (AvgIpc) is 2.35. The van der Waals surface area contributed by atoms with Crippen LogP contribution in [-0.2, 0) is 12.8 Å². The number of hydrogen-bond donors (Lipinski definition) is 0. The molecule has 0 radical (unpaired) electrons. The zero-order chi connectivity index (χ0) is 11.0. The van der Waals surface area contributed by atoms with Crippen molar-refractivity contribution in [2.75, 3.05) is 7.11 Å². The largest absolute Gasteiger partial charge is 0.497 e. The Morgan fingerprint density at radius 1 is 0.812 bits per heavy atom. The highest BCUT2D eigenvalue weighted by Crippen LogP contribution is 2.29. The van der Waals surface area contributed by atoms with Crippen LogP contribution in [0.25, 0.3) is 0 Å². The van der Waals surface area contributed by atoms with E-state index in [1.54, 1.807) is 7.11 Å². The van der Waals surface area contributed by atoms with E-state index < -0.39 is 0 Å². The maximum atomic E-state index is 5.27. The van der Waals surface area contributed by atoms with Crippen LogP contribution in [0.1, 0.15) is 22.3 Å². The highest BCUT2D eigenvalue weighted by atomic mass is 16.5. The van der Waals surface area contributed by atoms with Crippen molar-refractivity contribution in [1.82, 2.24) is 0 Å². The van der Waals surface area contributed by atoms with Gasteiger partial charge in [-0.25, -0.2) is 0 Å². The van der Waals surface area contributed by atoms with Crippen LogP contribution in [0.3, 0.4) is 0 Å². The van der Waals surface area contributed by atoms with Gasteiger partial charge in [0.25, 0.3) is 0 Å². The second-order valence-corrected chi connectivity index (χ2v) is 4.26. The fraction of sp³-hybridized carbons (Fsp3) is 0.200. The zero-order valence-corrected chi connectivity index (χ0v) is 9.36. The normalized spacial score (nSPS) is 12.8. The first-order valence-electron chi connectivity index (χ1n) is 5.59. The summed E-state index contributed by atoms with van der Waals surface area (Å²) in [6.45, 7) is 0. The summed E-state index contributed by atoms with van der Waals surface area (Å²) in [5.74, 6) is 0.957. The second-order valence-electron chi connectivity index (χ2n) is 4.26. The summed E-state index contributed by atoms with van der Waals surface area (Å²) >= 11 is 0. The topological polar surface area (TPSA) is 9.23 Å². The van der Waals surface area contributed by atoms with Gasteiger partial charge < -0.3 is 4.74 Å². The van der Waals surface area contributed by atoms with Crippen LogP contribution in [-0.4, -0.2) is 7.11 Å². The highest BCUT2D eigenvalue weighted by Gasteiger charge is 2.14.